The second kappa shape index (κ2) is 7.38. The molecule has 0 bridgehead atoms. The number of nitrogens with one attached hydrogen (secondary N) is 2. The van der Waals surface area contributed by atoms with E-state index in [0.717, 1.165) is 29.9 Å². The van der Waals surface area contributed by atoms with E-state index in [1.165, 1.54) is 0 Å². The van der Waals surface area contributed by atoms with Gasteiger partial charge >= 0.3 is 0 Å². The van der Waals surface area contributed by atoms with Crippen LogP contribution in [0.15, 0.2) is 18.2 Å². The molecule has 1 aromatic carbocycles. The highest BCUT2D eigenvalue weighted by molar-refractivity contribution is 7.80. The Bertz CT molecular complexity index is 534. The fourth-order valence-corrected chi connectivity index (χ4v) is 2.60. The number of carbonyl (C=O) groups excluding carboxylic acids is 1. The van der Waals surface area contributed by atoms with Crippen LogP contribution in [-0.4, -0.2) is 37.8 Å². The first-order chi connectivity index (χ1) is 10.1. The van der Waals surface area contributed by atoms with Gasteiger partial charge in [-0.05, 0) is 49.3 Å². The number of methoxy groups -OCH3 is 1. The molecule has 2 rings (SSSR count). The van der Waals surface area contributed by atoms with Crippen molar-refractivity contribution in [3.8, 4) is 0 Å². The van der Waals surface area contributed by atoms with Gasteiger partial charge in [-0.25, -0.2) is 0 Å². The van der Waals surface area contributed by atoms with E-state index in [-0.39, 0.29) is 5.91 Å². The number of aryl methyl sites for hydroxylation is 1. The molecule has 1 amide bonds. The number of hydrogen-bond donors (Lipinski definition) is 2. The average Bonchev–Trinajstić information content (AvgIpc) is 2.85. The fourth-order valence-electron chi connectivity index (χ4n) is 2.38. The van der Waals surface area contributed by atoms with Crippen LogP contribution in [0.5, 0.6) is 0 Å². The summed E-state index contributed by atoms with van der Waals surface area (Å²) in [4.78, 5) is 13.7. The minimum Gasteiger partial charge on any atom is -0.383 e. The number of amides is 1. The molecule has 1 aliphatic heterocycles. The predicted octanol–water partition coefficient (Wildman–Crippen LogP) is 2.05. The molecule has 0 aromatic heterocycles. The first-order valence-corrected chi connectivity index (χ1v) is 7.47. The molecule has 114 valence electrons. The number of ether oxygens (including phenoxy) is 1. The van der Waals surface area contributed by atoms with Crippen molar-refractivity contribution in [2.75, 3.05) is 37.0 Å². The molecule has 0 saturated carbocycles. The van der Waals surface area contributed by atoms with Crippen molar-refractivity contribution in [3.05, 3.63) is 23.8 Å². The first-order valence-electron chi connectivity index (χ1n) is 7.06. The monoisotopic (exact) mass is 307 g/mol. The third-order valence-electron chi connectivity index (χ3n) is 3.41. The first kappa shape index (κ1) is 15.7. The van der Waals surface area contributed by atoms with Crippen molar-refractivity contribution < 1.29 is 9.53 Å². The highest BCUT2D eigenvalue weighted by atomic mass is 32.1. The Kier molecular flexibility index (Phi) is 5.52. The molecule has 2 N–H and O–H groups in total. The fraction of sp³-hybridized carbons (Fsp3) is 0.467. The highest BCUT2D eigenvalue weighted by Crippen LogP contribution is 2.27. The number of hydrogen-bond acceptors (Lipinski definition) is 3. The second-order valence-electron chi connectivity index (χ2n) is 5.02. The van der Waals surface area contributed by atoms with Gasteiger partial charge in [0.05, 0.1) is 6.61 Å². The maximum atomic E-state index is 11.8. The summed E-state index contributed by atoms with van der Waals surface area (Å²) >= 11 is 5.21. The zero-order valence-electron chi connectivity index (χ0n) is 12.4. The molecule has 1 fully saturated rings. The number of benzene rings is 1. The van der Waals surface area contributed by atoms with E-state index in [1.54, 1.807) is 7.11 Å². The van der Waals surface area contributed by atoms with E-state index in [4.69, 9.17) is 17.0 Å². The molecule has 0 unspecified atom stereocenters. The van der Waals surface area contributed by atoms with Crippen LogP contribution in [0.1, 0.15) is 18.4 Å². The van der Waals surface area contributed by atoms with Gasteiger partial charge in [-0.15, -0.1) is 0 Å². The summed E-state index contributed by atoms with van der Waals surface area (Å²) in [6, 6.07) is 5.92. The van der Waals surface area contributed by atoms with Crippen LogP contribution in [0.4, 0.5) is 11.4 Å². The lowest BCUT2D eigenvalue weighted by molar-refractivity contribution is -0.117. The zero-order chi connectivity index (χ0) is 15.2. The van der Waals surface area contributed by atoms with Crippen molar-refractivity contribution >= 4 is 34.6 Å². The van der Waals surface area contributed by atoms with Gasteiger partial charge in [0, 0.05) is 38.0 Å². The SMILES string of the molecule is COCCNC(=S)Nc1ccc(N2CCCC2=O)c(C)c1. The molecule has 21 heavy (non-hydrogen) atoms. The van der Waals surface area contributed by atoms with Crippen molar-refractivity contribution in [1.29, 1.82) is 0 Å². The van der Waals surface area contributed by atoms with Crippen molar-refractivity contribution in [2.45, 2.75) is 19.8 Å². The number of anilines is 2. The maximum absolute atomic E-state index is 11.8. The maximum Gasteiger partial charge on any atom is 0.227 e. The van der Waals surface area contributed by atoms with Gasteiger partial charge in [0.15, 0.2) is 5.11 Å². The predicted molar refractivity (Wildman–Crippen MR) is 88.9 cm³/mol. The topological polar surface area (TPSA) is 53.6 Å². The molecule has 1 aromatic rings. The van der Waals surface area contributed by atoms with E-state index < -0.39 is 0 Å². The van der Waals surface area contributed by atoms with Crippen LogP contribution in [0.25, 0.3) is 0 Å². The van der Waals surface area contributed by atoms with Gasteiger partial charge in [-0.3, -0.25) is 4.79 Å². The molecule has 6 heteroatoms. The standard InChI is InChI=1S/C15H21N3O2S/c1-11-10-12(17-15(21)16-7-9-20-2)5-6-13(11)18-8-3-4-14(18)19/h5-6,10H,3-4,7-9H2,1-2H3,(H2,16,17,21). The normalized spacial score (nSPS) is 14.4. The van der Waals surface area contributed by atoms with Crippen LogP contribution in [0, 0.1) is 6.92 Å². The molecule has 1 saturated heterocycles. The minimum atomic E-state index is 0.204. The summed E-state index contributed by atoms with van der Waals surface area (Å²) in [6.07, 6.45) is 1.58. The van der Waals surface area contributed by atoms with Crippen LogP contribution in [0.2, 0.25) is 0 Å². The summed E-state index contributed by atoms with van der Waals surface area (Å²) in [5, 5.41) is 6.76. The number of rotatable bonds is 5. The quantitative estimate of drug-likeness (QED) is 0.644. The van der Waals surface area contributed by atoms with Crippen molar-refractivity contribution in [3.63, 3.8) is 0 Å². The molecule has 5 nitrogen and oxygen atoms in total. The summed E-state index contributed by atoms with van der Waals surface area (Å²) in [7, 11) is 1.65. The number of thiocarbonyl (C=S) groups is 1. The van der Waals surface area contributed by atoms with Crippen LogP contribution in [-0.2, 0) is 9.53 Å². The molecule has 1 heterocycles. The summed E-state index contributed by atoms with van der Waals surface area (Å²) in [5.41, 5.74) is 2.97. The Balaban J connectivity index is 1.98. The summed E-state index contributed by atoms with van der Waals surface area (Å²) < 4.78 is 4.96. The van der Waals surface area contributed by atoms with Gasteiger partial charge in [0.25, 0.3) is 0 Å². The average molecular weight is 307 g/mol. The van der Waals surface area contributed by atoms with E-state index in [0.29, 0.717) is 24.7 Å². The van der Waals surface area contributed by atoms with Gasteiger partial charge in [0.1, 0.15) is 0 Å². The Morgan fingerprint density at radius 3 is 2.90 bits per heavy atom. The largest absolute Gasteiger partial charge is 0.383 e. The van der Waals surface area contributed by atoms with E-state index >= 15 is 0 Å². The van der Waals surface area contributed by atoms with Crippen molar-refractivity contribution in [1.82, 2.24) is 5.32 Å². The van der Waals surface area contributed by atoms with Crippen LogP contribution >= 0.6 is 12.2 Å². The smallest absolute Gasteiger partial charge is 0.227 e. The van der Waals surface area contributed by atoms with Gasteiger partial charge in [-0.1, -0.05) is 0 Å². The molecule has 0 spiro atoms. The third kappa shape index (κ3) is 4.15. The van der Waals surface area contributed by atoms with Crippen LogP contribution in [0.3, 0.4) is 0 Å². The van der Waals surface area contributed by atoms with Crippen molar-refractivity contribution in [2.24, 2.45) is 0 Å². The lowest BCUT2D eigenvalue weighted by Gasteiger charge is -2.19. The van der Waals surface area contributed by atoms with E-state index in [2.05, 4.69) is 10.6 Å². The van der Waals surface area contributed by atoms with Gasteiger partial charge in [-0.2, -0.15) is 0 Å². The summed E-state index contributed by atoms with van der Waals surface area (Å²) in [5.74, 6) is 0.204. The molecule has 0 radical (unpaired) electrons. The molecule has 0 aliphatic carbocycles. The summed E-state index contributed by atoms with van der Waals surface area (Å²) in [6.45, 7) is 4.09. The lowest BCUT2D eigenvalue weighted by Crippen LogP contribution is -2.31. The number of carbonyl (C=O) groups is 1. The second-order valence-corrected chi connectivity index (χ2v) is 5.43. The number of nitrogens with zero attached hydrogens (tertiary/aromatic N) is 1. The third-order valence-corrected chi connectivity index (χ3v) is 3.66. The Labute approximate surface area is 130 Å². The Morgan fingerprint density at radius 2 is 2.29 bits per heavy atom. The Hall–Kier alpha value is -1.66. The molecular formula is C15H21N3O2S. The van der Waals surface area contributed by atoms with Gasteiger partial charge in [0.2, 0.25) is 5.91 Å². The molecule has 0 atom stereocenters. The Morgan fingerprint density at radius 1 is 1.48 bits per heavy atom. The van der Waals surface area contributed by atoms with E-state index in [1.807, 2.05) is 30.0 Å². The molecular weight excluding hydrogens is 286 g/mol. The zero-order valence-corrected chi connectivity index (χ0v) is 13.3. The van der Waals surface area contributed by atoms with Gasteiger partial charge < -0.3 is 20.3 Å². The highest BCUT2D eigenvalue weighted by Gasteiger charge is 2.22. The van der Waals surface area contributed by atoms with Crippen LogP contribution < -0.4 is 15.5 Å². The molecule has 1 aliphatic rings. The lowest BCUT2D eigenvalue weighted by atomic mass is 10.1. The minimum absolute atomic E-state index is 0.204. The van der Waals surface area contributed by atoms with E-state index in [9.17, 15) is 4.79 Å².